The highest BCUT2D eigenvalue weighted by Gasteiger charge is 2.23. The van der Waals surface area contributed by atoms with Crippen molar-refractivity contribution in [3.8, 4) is 0 Å². The Kier molecular flexibility index (Phi) is 5.23. The number of carbonyl (C=O) groups is 2. The summed E-state index contributed by atoms with van der Waals surface area (Å²) in [6.07, 6.45) is 1.77. The van der Waals surface area contributed by atoms with Crippen molar-refractivity contribution in [1.82, 2.24) is 9.55 Å². The fourth-order valence-electron chi connectivity index (χ4n) is 2.95. The molecule has 0 saturated heterocycles. The summed E-state index contributed by atoms with van der Waals surface area (Å²) in [7, 11) is 0. The molecule has 1 aromatic carbocycles. The number of nitrogens with one attached hydrogen (secondary N) is 1. The first-order valence-corrected chi connectivity index (χ1v) is 9.28. The Morgan fingerprint density at radius 3 is 2.39 bits per heavy atom. The molecule has 0 unspecified atom stereocenters. The van der Waals surface area contributed by atoms with Gasteiger partial charge in [0.2, 0.25) is 0 Å². The van der Waals surface area contributed by atoms with Gasteiger partial charge in [0, 0.05) is 22.7 Å². The lowest BCUT2D eigenvalue weighted by Crippen LogP contribution is -2.21. The normalized spacial score (nSPS) is 11.5. The molecule has 0 spiro atoms. The van der Waals surface area contributed by atoms with E-state index in [0.29, 0.717) is 34.6 Å². The van der Waals surface area contributed by atoms with Crippen LogP contribution in [0.3, 0.4) is 0 Å². The van der Waals surface area contributed by atoms with E-state index >= 15 is 0 Å². The molecule has 28 heavy (non-hydrogen) atoms. The molecule has 0 fully saturated rings. The molecule has 0 aliphatic heterocycles. The van der Waals surface area contributed by atoms with Crippen LogP contribution < -0.4 is 5.32 Å². The third kappa shape index (κ3) is 3.91. The topological polar surface area (TPSA) is 73.2 Å². The number of hydrogen-bond donors (Lipinski definition) is 1. The van der Waals surface area contributed by atoms with Gasteiger partial charge < -0.3 is 14.6 Å². The summed E-state index contributed by atoms with van der Waals surface area (Å²) in [5.41, 5.74) is 2.44. The first-order valence-electron chi connectivity index (χ1n) is 9.28. The molecular weight excluding hydrogens is 354 g/mol. The van der Waals surface area contributed by atoms with Crippen LogP contribution >= 0.6 is 0 Å². The third-order valence-electron chi connectivity index (χ3n) is 4.43. The van der Waals surface area contributed by atoms with Crippen molar-refractivity contribution in [2.75, 3.05) is 11.9 Å². The van der Waals surface area contributed by atoms with Crippen molar-refractivity contribution in [3.63, 3.8) is 0 Å². The first kappa shape index (κ1) is 19.6. The van der Waals surface area contributed by atoms with E-state index in [1.54, 1.807) is 37.4 Å². The number of anilines is 1. The number of aryl methyl sites for hydroxylation is 1. The fourth-order valence-corrected chi connectivity index (χ4v) is 2.95. The molecule has 1 amide bonds. The van der Waals surface area contributed by atoms with Crippen LogP contribution in [0.25, 0.3) is 11.0 Å². The summed E-state index contributed by atoms with van der Waals surface area (Å²) in [4.78, 5) is 29.5. The van der Waals surface area contributed by atoms with E-state index in [-0.39, 0.29) is 17.4 Å². The Morgan fingerprint density at radius 2 is 1.79 bits per heavy atom. The van der Waals surface area contributed by atoms with Gasteiger partial charge in [0.1, 0.15) is 11.5 Å². The number of amides is 1. The molecular formula is C22H25N3O3. The van der Waals surface area contributed by atoms with Gasteiger partial charge in [0.25, 0.3) is 5.91 Å². The van der Waals surface area contributed by atoms with Crippen LogP contribution in [-0.4, -0.2) is 28.0 Å². The number of rotatable bonds is 4. The molecule has 1 N–H and O–H groups in total. The number of benzene rings is 1. The molecule has 0 radical (unpaired) electrons. The minimum Gasteiger partial charge on any atom is -0.462 e. The fraction of sp³-hybridized carbons (Fsp3) is 0.318. The largest absolute Gasteiger partial charge is 0.462 e. The average Bonchev–Trinajstić information content (AvgIpc) is 3.01. The Balaban J connectivity index is 2.01. The SMILES string of the molecule is CCOC(=O)c1cn(C(C)(C)C)c2nc(NC(=O)c3ccc(C)cc3)ccc12. The molecule has 3 aromatic rings. The lowest BCUT2D eigenvalue weighted by molar-refractivity contribution is 0.0528. The van der Waals surface area contributed by atoms with Gasteiger partial charge in [-0.25, -0.2) is 9.78 Å². The van der Waals surface area contributed by atoms with Gasteiger partial charge in [-0.05, 0) is 58.9 Å². The Morgan fingerprint density at radius 1 is 1.11 bits per heavy atom. The van der Waals surface area contributed by atoms with Crippen molar-refractivity contribution in [2.45, 2.75) is 40.2 Å². The van der Waals surface area contributed by atoms with Crippen molar-refractivity contribution in [2.24, 2.45) is 0 Å². The molecule has 0 saturated carbocycles. The summed E-state index contributed by atoms with van der Waals surface area (Å²) in [5.74, 6) is -0.183. The van der Waals surface area contributed by atoms with Crippen LogP contribution in [0.15, 0.2) is 42.6 Å². The molecule has 0 bridgehead atoms. The van der Waals surface area contributed by atoms with Crippen LogP contribution in [0.4, 0.5) is 5.82 Å². The summed E-state index contributed by atoms with van der Waals surface area (Å²) in [6.45, 7) is 10.1. The molecule has 0 aliphatic carbocycles. The van der Waals surface area contributed by atoms with Crippen LogP contribution in [0.1, 0.15) is 54.0 Å². The molecule has 2 heterocycles. The van der Waals surface area contributed by atoms with Gasteiger partial charge in [0.15, 0.2) is 0 Å². The van der Waals surface area contributed by atoms with Gasteiger partial charge in [-0.1, -0.05) is 17.7 Å². The number of hydrogen-bond acceptors (Lipinski definition) is 4. The minimum atomic E-state index is -0.381. The lowest BCUT2D eigenvalue weighted by Gasteiger charge is -2.22. The van der Waals surface area contributed by atoms with Crippen molar-refractivity contribution < 1.29 is 14.3 Å². The average molecular weight is 379 g/mol. The zero-order valence-corrected chi connectivity index (χ0v) is 16.9. The van der Waals surface area contributed by atoms with E-state index in [2.05, 4.69) is 10.3 Å². The monoisotopic (exact) mass is 379 g/mol. The molecule has 146 valence electrons. The van der Waals surface area contributed by atoms with E-state index in [0.717, 1.165) is 5.56 Å². The maximum absolute atomic E-state index is 12.5. The van der Waals surface area contributed by atoms with Gasteiger partial charge in [0.05, 0.1) is 12.2 Å². The second-order valence-electron chi connectivity index (χ2n) is 7.69. The molecule has 6 nitrogen and oxygen atoms in total. The predicted octanol–water partition coefficient (Wildman–Crippen LogP) is 4.53. The van der Waals surface area contributed by atoms with Gasteiger partial charge >= 0.3 is 5.97 Å². The molecule has 0 atom stereocenters. The van der Waals surface area contributed by atoms with E-state index in [1.165, 1.54) is 0 Å². The lowest BCUT2D eigenvalue weighted by atomic mass is 10.1. The zero-order valence-electron chi connectivity index (χ0n) is 16.9. The Labute approximate surface area is 164 Å². The van der Waals surface area contributed by atoms with E-state index in [4.69, 9.17) is 4.74 Å². The van der Waals surface area contributed by atoms with Crippen molar-refractivity contribution >= 4 is 28.7 Å². The number of esters is 1. The molecule has 2 aromatic heterocycles. The second kappa shape index (κ2) is 7.46. The van der Waals surface area contributed by atoms with E-state index in [1.807, 2.05) is 44.4 Å². The maximum atomic E-state index is 12.5. The molecule has 3 rings (SSSR count). The van der Waals surface area contributed by atoms with Gasteiger partial charge in [-0.3, -0.25) is 4.79 Å². The predicted molar refractivity (Wildman–Crippen MR) is 110 cm³/mol. The molecule has 6 heteroatoms. The second-order valence-corrected chi connectivity index (χ2v) is 7.69. The Bertz CT molecular complexity index is 1030. The number of ether oxygens (including phenoxy) is 1. The number of aromatic nitrogens is 2. The quantitative estimate of drug-likeness (QED) is 0.676. The van der Waals surface area contributed by atoms with Crippen molar-refractivity contribution in [1.29, 1.82) is 0 Å². The number of carbonyl (C=O) groups excluding carboxylic acids is 2. The Hall–Kier alpha value is -3.15. The highest BCUT2D eigenvalue weighted by molar-refractivity contribution is 6.06. The standard InChI is InChI=1S/C22H25N3O3/c1-6-28-21(27)17-13-25(22(3,4)5)19-16(17)11-12-18(23-19)24-20(26)15-9-7-14(2)8-10-15/h7-13H,6H2,1-5H3,(H,23,24,26). The van der Waals surface area contributed by atoms with Crippen LogP contribution in [0, 0.1) is 6.92 Å². The third-order valence-corrected chi connectivity index (χ3v) is 4.43. The summed E-state index contributed by atoms with van der Waals surface area (Å²) >= 11 is 0. The minimum absolute atomic E-state index is 0.230. The highest BCUT2D eigenvalue weighted by atomic mass is 16.5. The van der Waals surface area contributed by atoms with Crippen LogP contribution in [-0.2, 0) is 10.3 Å². The van der Waals surface area contributed by atoms with Gasteiger partial charge in [-0.15, -0.1) is 0 Å². The maximum Gasteiger partial charge on any atom is 0.340 e. The van der Waals surface area contributed by atoms with Crippen molar-refractivity contribution in [3.05, 3.63) is 59.3 Å². The van der Waals surface area contributed by atoms with E-state index < -0.39 is 0 Å². The van der Waals surface area contributed by atoms with Gasteiger partial charge in [-0.2, -0.15) is 0 Å². The summed E-state index contributed by atoms with van der Waals surface area (Å²) < 4.78 is 7.10. The van der Waals surface area contributed by atoms with E-state index in [9.17, 15) is 9.59 Å². The number of fused-ring (bicyclic) bond motifs is 1. The van der Waals surface area contributed by atoms with Crippen LogP contribution in [0.5, 0.6) is 0 Å². The summed E-state index contributed by atoms with van der Waals surface area (Å²) in [6, 6.07) is 10.8. The smallest absolute Gasteiger partial charge is 0.340 e. The summed E-state index contributed by atoms with van der Waals surface area (Å²) in [5, 5.41) is 3.53. The number of nitrogens with zero attached hydrogens (tertiary/aromatic N) is 2. The van der Waals surface area contributed by atoms with Crippen LogP contribution in [0.2, 0.25) is 0 Å². The first-order chi connectivity index (χ1) is 13.2. The zero-order chi connectivity index (χ0) is 20.5. The molecule has 0 aliphatic rings. The number of pyridine rings is 1. The highest BCUT2D eigenvalue weighted by Crippen LogP contribution is 2.28.